The van der Waals surface area contributed by atoms with Crippen LogP contribution in [0.5, 0.6) is 0 Å². The molecule has 0 aliphatic carbocycles. The minimum atomic E-state index is -0.871. The predicted octanol–water partition coefficient (Wildman–Crippen LogP) is 1.02. The van der Waals surface area contributed by atoms with Gasteiger partial charge in [-0.25, -0.2) is 0 Å². The van der Waals surface area contributed by atoms with E-state index in [-0.39, 0.29) is 12.5 Å². The Morgan fingerprint density at radius 2 is 2.14 bits per heavy atom. The number of hydrogen-bond acceptors (Lipinski definition) is 4. The number of amides is 1. The van der Waals surface area contributed by atoms with Crippen LogP contribution in [-0.4, -0.2) is 41.4 Å². The number of carbonyl (C=O) groups excluding carboxylic acids is 1. The number of aliphatic hydroxyl groups is 1. The zero-order valence-corrected chi connectivity index (χ0v) is 11.7. The molecule has 2 aromatic rings. The van der Waals surface area contributed by atoms with E-state index in [4.69, 9.17) is 10.5 Å². The fraction of sp³-hybridized carbons (Fsp3) is 0.400. The molecule has 0 atom stereocenters. The third kappa shape index (κ3) is 3.01. The van der Waals surface area contributed by atoms with Crippen molar-refractivity contribution in [1.82, 2.24) is 10.3 Å². The summed E-state index contributed by atoms with van der Waals surface area (Å²) in [6.45, 7) is 1.28. The van der Waals surface area contributed by atoms with Gasteiger partial charge in [-0.1, -0.05) is 0 Å². The Morgan fingerprint density at radius 1 is 1.38 bits per heavy atom. The van der Waals surface area contributed by atoms with Crippen LogP contribution in [0.1, 0.15) is 23.3 Å². The molecule has 0 unspecified atom stereocenters. The highest BCUT2D eigenvalue weighted by Crippen LogP contribution is 2.20. The SMILES string of the molecule is Nc1ccc2[nH]c(C(=O)NCC3(O)CCOCC3)cc2c1. The topological polar surface area (TPSA) is 100 Å². The van der Waals surface area contributed by atoms with Crippen LogP contribution in [-0.2, 0) is 4.74 Å². The number of aromatic nitrogens is 1. The fourth-order valence-electron chi connectivity index (χ4n) is 2.54. The highest BCUT2D eigenvalue weighted by Gasteiger charge is 2.30. The van der Waals surface area contributed by atoms with Crippen LogP contribution in [0.2, 0.25) is 0 Å². The summed E-state index contributed by atoms with van der Waals surface area (Å²) in [5.41, 5.74) is 6.83. The van der Waals surface area contributed by atoms with E-state index in [0.29, 0.717) is 37.4 Å². The molecular weight excluding hydrogens is 270 g/mol. The highest BCUT2D eigenvalue weighted by atomic mass is 16.5. The average Bonchev–Trinajstić information content (AvgIpc) is 2.88. The van der Waals surface area contributed by atoms with Crippen LogP contribution >= 0.6 is 0 Å². The molecule has 0 bridgehead atoms. The lowest BCUT2D eigenvalue weighted by atomic mass is 9.94. The predicted molar refractivity (Wildman–Crippen MR) is 80.0 cm³/mol. The van der Waals surface area contributed by atoms with Crippen LogP contribution < -0.4 is 11.1 Å². The van der Waals surface area contributed by atoms with E-state index in [9.17, 15) is 9.90 Å². The number of hydrogen-bond donors (Lipinski definition) is 4. The molecular formula is C15H19N3O3. The molecule has 5 N–H and O–H groups in total. The number of H-pyrrole nitrogens is 1. The molecule has 2 heterocycles. The molecule has 1 fully saturated rings. The molecule has 1 aromatic carbocycles. The first-order chi connectivity index (χ1) is 10.1. The molecule has 3 rings (SSSR count). The van der Waals surface area contributed by atoms with Gasteiger partial charge in [0, 0.05) is 49.2 Å². The summed E-state index contributed by atoms with van der Waals surface area (Å²) in [5.74, 6) is -0.232. The van der Waals surface area contributed by atoms with Crippen molar-refractivity contribution >= 4 is 22.5 Å². The zero-order chi connectivity index (χ0) is 14.9. The van der Waals surface area contributed by atoms with Crippen molar-refractivity contribution in [3.8, 4) is 0 Å². The number of nitrogens with two attached hydrogens (primary N) is 1. The van der Waals surface area contributed by atoms with Crippen LogP contribution in [0.25, 0.3) is 10.9 Å². The molecule has 0 radical (unpaired) electrons. The number of fused-ring (bicyclic) bond motifs is 1. The molecule has 1 aliphatic rings. The third-order valence-electron chi connectivity index (χ3n) is 3.89. The molecule has 6 heteroatoms. The lowest BCUT2D eigenvalue weighted by molar-refractivity contribution is -0.0605. The van der Waals surface area contributed by atoms with E-state index in [1.807, 2.05) is 12.1 Å². The Morgan fingerprint density at radius 3 is 2.90 bits per heavy atom. The lowest BCUT2D eigenvalue weighted by Gasteiger charge is -2.31. The van der Waals surface area contributed by atoms with Gasteiger partial charge in [0.25, 0.3) is 5.91 Å². The van der Waals surface area contributed by atoms with Crippen molar-refractivity contribution in [3.63, 3.8) is 0 Å². The van der Waals surface area contributed by atoms with Gasteiger partial charge < -0.3 is 25.9 Å². The van der Waals surface area contributed by atoms with Gasteiger partial charge in [-0.15, -0.1) is 0 Å². The molecule has 6 nitrogen and oxygen atoms in total. The second-order valence-corrected chi connectivity index (χ2v) is 5.55. The van der Waals surface area contributed by atoms with Gasteiger partial charge in [0.2, 0.25) is 0 Å². The van der Waals surface area contributed by atoms with E-state index in [1.54, 1.807) is 12.1 Å². The minimum absolute atomic E-state index is 0.229. The van der Waals surface area contributed by atoms with E-state index in [1.165, 1.54) is 0 Å². The normalized spacial score (nSPS) is 17.8. The quantitative estimate of drug-likeness (QED) is 0.634. The first-order valence-electron chi connectivity index (χ1n) is 7.02. The van der Waals surface area contributed by atoms with Gasteiger partial charge in [-0.2, -0.15) is 0 Å². The van der Waals surface area contributed by atoms with Crippen LogP contribution in [0.4, 0.5) is 5.69 Å². The van der Waals surface area contributed by atoms with E-state index < -0.39 is 5.60 Å². The molecule has 1 amide bonds. The fourth-order valence-corrected chi connectivity index (χ4v) is 2.54. The van der Waals surface area contributed by atoms with Gasteiger partial charge in [0.1, 0.15) is 5.69 Å². The van der Waals surface area contributed by atoms with Gasteiger partial charge >= 0.3 is 0 Å². The first-order valence-corrected chi connectivity index (χ1v) is 7.02. The van der Waals surface area contributed by atoms with Gasteiger partial charge in [0.05, 0.1) is 5.60 Å². The van der Waals surface area contributed by atoms with Crippen molar-refractivity contribution in [3.05, 3.63) is 30.0 Å². The number of anilines is 1. The maximum Gasteiger partial charge on any atom is 0.267 e. The summed E-state index contributed by atoms with van der Waals surface area (Å²) in [4.78, 5) is 15.2. The second-order valence-electron chi connectivity index (χ2n) is 5.55. The maximum absolute atomic E-state index is 12.2. The summed E-state index contributed by atoms with van der Waals surface area (Å²) in [5, 5.41) is 14.0. The smallest absolute Gasteiger partial charge is 0.267 e. The number of benzene rings is 1. The zero-order valence-electron chi connectivity index (χ0n) is 11.7. The van der Waals surface area contributed by atoms with Gasteiger partial charge in [-0.3, -0.25) is 4.79 Å². The molecule has 112 valence electrons. The van der Waals surface area contributed by atoms with E-state index in [2.05, 4.69) is 10.3 Å². The standard InChI is InChI=1S/C15H19N3O3/c16-11-1-2-12-10(7-11)8-13(18-12)14(19)17-9-15(20)3-5-21-6-4-15/h1-2,7-8,18,20H,3-6,9,16H2,(H,17,19). The third-order valence-corrected chi connectivity index (χ3v) is 3.89. The average molecular weight is 289 g/mol. The maximum atomic E-state index is 12.2. The summed E-state index contributed by atoms with van der Waals surface area (Å²) in [6.07, 6.45) is 1.08. The molecule has 1 aromatic heterocycles. The first kappa shape index (κ1) is 13.9. The van der Waals surface area contributed by atoms with Gasteiger partial charge in [0.15, 0.2) is 0 Å². The molecule has 1 saturated heterocycles. The number of aromatic amines is 1. The highest BCUT2D eigenvalue weighted by molar-refractivity contribution is 5.98. The molecule has 0 saturated carbocycles. The summed E-state index contributed by atoms with van der Waals surface area (Å²) >= 11 is 0. The Labute approximate surface area is 122 Å². The minimum Gasteiger partial charge on any atom is -0.399 e. The number of nitrogen functional groups attached to an aromatic ring is 1. The van der Waals surface area contributed by atoms with E-state index in [0.717, 1.165) is 10.9 Å². The van der Waals surface area contributed by atoms with Crippen LogP contribution in [0.15, 0.2) is 24.3 Å². The van der Waals surface area contributed by atoms with Crippen molar-refractivity contribution in [1.29, 1.82) is 0 Å². The van der Waals surface area contributed by atoms with Gasteiger partial charge in [-0.05, 0) is 24.3 Å². The molecule has 0 spiro atoms. The van der Waals surface area contributed by atoms with Crippen molar-refractivity contribution in [2.24, 2.45) is 0 Å². The number of nitrogens with one attached hydrogen (secondary N) is 2. The molecule has 21 heavy (non-hydrogen) atoms. The van der Waals surface area contributed by atoms with Crippen LogP contribution in [0.3, 0.4) is 0 Å². The monoisotopic (exact) mass is 289 g/mol. The Bertz CT molecular complexity index is 659. The number of carbonyl (C=O) groups is 1. The largest absolute Gasteiger partial charge is 0.399 e. The number of ether oxygens (including phenoxy) is 1. The number of rotatable bonds is 3. The van der Waals surface area contributed by atoms with E-state index >= 15 is 0 Å². The van der Waals surface area contributed by atoms with Crippen LogP contribution in [0, 0.1) is 0 Å². The second kappa shape index (κ2) is 5.38. The van der Waals surface area contributed by atoms with Crippen molar-refractivity contribution in [2.75, 3.05) is 25.5 Å². The summed E-state index contributed by atoms with van der Waals surface area (Å²) in [7, 11) is 0. The van der Waals surface area contributed by atoms with Crippen molar-refractivity contribution in [2.45, 2.75) is 18.4 Å². The lowest BCUT2D eigenvalue weighted by Crippen LogP contribution is -2.46. The molecule has 1 aliphatic heterocycles. The Balaban J connectivity index is 1.69. The van der Waals surface area contributed by atoms with Crippen molar-refractivity contribution < 1.29 is 14.6 Å². The Kier molecular flexibility index (Phi) is 3.57. The summed E-state index contributed by atoms with van der Waals surface area (Å²) < 4.78 is 5.22. The summed E-state index contributed by atoms with van der Waals surface area (Å²) in [6, 6.07) is 7.20. The Hall–Kier alpha value is -2.05.